The van der Waals surface area contributed by atoms with E-state index in [1.165, 1.54) is 10.6 Å². The molecule has 0 aromatic heterocycles. The van der Waals surface area contributed by atoms with Crippen molar-refractivity contribution >= 4 is 36.3 Å². The summed E-state index contributed by atoms with van der Waals surface area (Å²) in [4.78, 5) is 0. The van der Waals surface area contributed by atoms with Gasteiger partial charge in [0, 0.05) is 16.8 Å². The molecule has 0 amide bonds. The summed E-state index contributed by atoms with van der Waals surface area (Å²) in [5.74, 6) is 0. The molecule has 0 aliphatic rings. The molecule has 0 saturated carbocycles. The van der Waals surface area contributed by atoms with Crippen molar-refractivity contribution in [1.82, 2.24) is 0 Å². The van der Waals surface area contributed by atoms with Crippen LogP contribution in [0.5, 0.6) is 0 Å². The zero-order valence-electron chi connectivity index (χ0n) is 17.7. The molecular weight excluding hydrogens is 414 g/mol. The van der Waals surface area contributed by atoms with E-state index in [1.807, 2.05) is 60.7 Å². The maximum atomic E-state index is 14.2. The predicted octanol–water partition coefficient (Wildman–Crippen LogP) is 5.91. The molecule has 0 atom stereocenters. The summed E-state index contributed by atoms with van der Waals surface area (Å²) in [6.07, 6.45) is 3.86. The normalized spacial score (nSPS) is 11.5. The van der Waals surface area contributed by atoms with E-state index in [2.05, 4.69) is 60.7 Å². The molecule has 0 aliphatic heterocycles. The van der Waals surface area contributed by atoms with Crippen molar-refractivity contribution in [2.45, 2.75) is 12.8 Å². The van der Waals surface area contributed by atoms with Crippen LogP contribution in [0, 0.1) is 0 Å². The minimum atomic E-state index is -2.62. The van der Waals surface area contributed by atoms with Crippen molar-refractivity contribution in [2.24, 2.45) is 0 Å². The van der Waals surface area contributed by atoms with E-state index in [9.17, 15) is 4.57 Å². The van der Waals surface area contributed by atoms with Gasteiger partial charge >= 0.3 is 0 Å². The fourth-order valence-corrected chi connectivity index (χ4v) is 9.18. The Bertz CT molecular complexity index is 1010. The minimum Gasteiger partial charge on any atom is -0.314 e. The average Bonchev–Trinajstić information content (AvgIpc) is 2.86. The Hall–Kier alpha value is -2.46. The molecule has 1 nitrogen and oxygen atoms in total. The summed E-state index contributed by atoms with van der Waals surface area (Å²) in [5.41, 5.74) is 0. The fraction of sp³-hybridized carbons (Fsp3) is 0.143. The first kappa shape index (κ1) is 21.8. The summed E-state index contributed by atoms with van der Waals surface area (Å²) in [6, 6.07) is 41.7. The Balaban J connectivity index is 1.50. The van der Waals surface area contributed by atoms with Gasteiger partial charge in [-0.25, -0.2) is 0 Å². The number of unbranched alkanes of at least 4 members (excludes halogenated alkanes) is 1. The van der Waals surface area contributed by atoms with Crippen molar-refractivity contribution in [3.05, 3.63) is 121 Å². The van der Waals surface area contributed by atoms with E-state index in [0.29, 0.717) is 6.16 Å². The second-order valence-electron chi connectivity index (χ2n) is 7.66. The van der Waals surface area contributed by atoms with E-state index in [0.717, 1.165) is 29.6 Å². The molecule has 0 heterocycles. The molecule has 0 radical (unpaired) electrons. The molecule has 0 saturated heterocycles. The quantitative estimate of drug-likeness (QED) is 0.233. The monoisotopic (exact) mass is 442 g/mol. The molecule has 31 heavy (non-hydrogen) atoms. The molecule has 0 unspecified atom stereocenters. The molecule has 0 fully saturated rings. The van der Waals surface area contributed by atoms with Gasteiger partial charge in [-0.1, -0.05) is 121 Å². The van der Waals surface area contributed by atoms with Crippen LogP contribution in [0.4, 0.5) is 0 Å². The Labute approximate surface area is 187 Å². The molecule has 4 rings (SSSR count). The van der Waals surface area contributed by atoms with Gasteiger partial charge in [-0.2, -0.15) is 0 Å². The summed E-state index contributed by atoms with van der Waals surface area (Å²) in [7, 11) is -3.02. The van der Waals surface area contributed by atoms with Gasteiger partial charge in [0.05, 0.1) is 0 Å². The largest absolute Gasteiger partial charge is 0.314 e. The summed E-state index contributed by atoms with van der Waals surface area (Å²) in [6.45, 7) is 0. The first-order valence-corrected chi connectivity index (χ1v) is 14.3. The first-order valence-electron chi connectivity index (χ1n) is 10.9. The van der Waals surface area contributed by atoms with Gasteiger partial charge in [0.25, 0.3) is 0 Å². The standard InChI is InChI=1S/C28H28OP2/c29-31(27-19-9-3-10-20-27,28-21-11-4-12-22-28)24-14-13-23-30(25-15-5-1-6-16-25)26-17-7-2-8-18-26/h1-12,15-22H,13-14,23-24H2. The van der Waals surface area contributed by atoms with Crippen LogP contribution >= 0.6 is 15.1 Å². The molecule has 4 aromatic carbocycles. The summed E-state index contributed by atoms with van der Waals surface area (Å²) in [5, 5.41) is 4.76. The van der Waals surface area contributed by atoms with E-state index in [1.54, 1.807) is 0 Å². The highest BCUT2D eigenvalue weighted by Gasteiger charge is 2.26. The highest BCUT2D eigenvalue weighted by Crippen LogP contribution is 2.45. The van der Waals surface area contributed by atoms with Crippen molar-refractivity contribution < 1.29 is 4.57 Å². The lowest BCUT2D eigenvalue weighted by atomic mass is 10.4. The lowest BCUT2D eigenvalue weighted by molar-refractivity contribution is 0.585. The predicted molar refractivity (Wildman–Crippen MR) is 138 cm³/mol. The highest BCUT2D eigenvalue weighted by atomic mass is 31.2. The lowest BCUT2D eigenvalue weighted by Crippen LogP contribution is -2.19. The number of rotatable bonds is 9. The van der Waals surface area contributed by atoms with Gasteiger partial charge in [-0.3, -0.25) is 0 Å². The molecule has 0 spiro atoms. The van der Waals surface area contributed by atoms with Crippen molar-refractivity contribution in [3.8, 4) is 0 Å². The van der Waals surface area contributed by atoms with E-state index < -0.39 is 15.1 Å². The van der Waals surface area contributed by atoms with Crippen LogP contribution < -0.4 is 21.2 Å². The maximum absolute atomic E-state index is 14.2. The molecular formula is C28H28OP2. The fourth-order valence-electron chi connectivity index (χ4n) is 3.97. The lowest BCUT2D eigenvalue weighted by Gasteiger charge is -2.21. The number of hydrogen-bond donors (Lipinski definition) is 0. The molecule has 3 heteroatoms. The van der Waals surface area contributed by atoms with Gasteiger partial charge in [-0.05, 0) is 37.5 Å². The molecule has 0 aliphatic carbocycles. The van der Waals surface area contributed by atoms with Gasteiger partial charge in [0.15, 0.2) is 0 Å². The topological polar surface area (TPSA) is 17.1 Å². The third-order valence-corrected chi connectivity index (χ3v) is 11.4. The van der Waals surface area contributed by atoms with E-state index >= 15 is 0 Å². The Kier molecular flexibility index (Phi) is 7.52. The molecule has 4 aromatic rings. The van der Waals surface area contributed by atoms with Gasteiger partial charge in [0.1, 0.15) is 7.14 Å². The zero-order chi connectivity index (χ0) is 21.4. The van der Waals surface area contributed by atoms with Gasteiger partial charge in [-0.15, -0.1) is 0 Å². The second-order valence-corrected chi connectivity index (χ2v) is 13.0. The molecule has 0 N–H and O–H groups in total. The first-order chi connectivity index (χ1) is 15.3. The number of benzene rings is 4. The minimum absolute atomic E-state index is 0.397. The van der Waals surface area contributed by atoms with Crippen LogP contribution in [-0.2, 0) is 4.57 Å². The van der Waals surface area contributed by atoms with Gasteiger partial charge < -0.3 is 4.57 Å². The zero-order valence-corrected chi connectivity index (χ0v) is 19.5. The van der Waals surface area contributed by atoms with Crippen molar-refractivity contribution in [3.63, 3.8) is 0 Å². The number of hydrogen-bond acceptors (Lipinski definition) is 1. The van der Waals surface area contributed by atoms with Crippen molar-refractivity contribution in [2.75, 3.05) is 12.3 Å². The smallest absolute Gasteiger partial charge is 0.143 e. The summed E-state index contributed by atoms with van der Waals surface area (Å²) >= 11 is 0. The van der Waals surface area contributed by atoms with Crippen LogP contribution in [0.1, 0.15) is 12.8 Å². The maximum Gasteiger partial charge on any atom is 0.143 e. The van der Waals surface area contributed by atoms with Crippen LogP contribution in [-0.4, -0.2) is 12.3 Å². The van der Waals surface area contributed by atoms with Crippen LogP contribution in [0.15, 0.2) is 121 Å². The highest BCUT2D eigenvalue weighted by molar-refractivity contribution is 7.78. The Morgan fingerprint density at radius 1 is 0.516 bits per heavy atom. The van der Waals surface area contributed by atoms with Crippen LogP contribution in [0.2, 0.25) is 0 Å². The second kappa shape index (κ2) is 10.7. The van der Waals surface area contributed by atoms with E-state index in [-0.39, 0.29) is 0 Å². The molecule has 156 valence electrons. The SMILES string of the molecule is O=P(CCCCP(c1ccccc1)c1ccccc1)(c1ccccc1)c1ccccc1. The third-order valence-electron chi connectivity index (χ3n) is 5.59. The van der Waals surface area contributed by atoms with Gasteiger partial charge in [0.2, 0.25) is 0 Å². The Morgan fingerprint density at radius 3 is 1.32 bits per heavy atom. The van der Waals surface area contributed by atoms with Crippen molar-refractivity contribution in [1.29, 1.82) is 0 Å². The average molecular weight is 442 g/mol. The Morgan fingerprint density at radius 2 is 0.903 bits per heavy atom. The summed E-state index contributed by atoms with van der Waals surface area (Å²) < 4.78 is 14.2. The molecule has 0 bridgehead atoms. The van der Waals surface area contributed by atoms with Crippen LogP contribution in [0.25, 0.3) is 0 Å². The third kappa shape index (κ3) is 5.43. The van der Waals surface area contributed by atoms with E-state index in [4.69, 9.17) is 0 Å². The van der Waals surface area contributed by atoms with Crippen LogP contribution in [0.3, 0.4) is 0 Å².